The molecule has 1 unspecified atom stereocenters. The van der Waals surface area contributed by atoms with Crippen LogP contribution < -0.4 is 15.6 Å². The molecule has 2 N–H and O–H groups in total. The second kappa shape index (κ2) is 4.81. The van der Waals surface area contributed by atoms with Crippen molar-refractivity contribution in [2.75, 3.05) is 12.5 Å². The van der Waals surface area contributed by atoms with Gasteiger partial charge in [-0.3, -0.25) is 0 Å². The van der Waals surface area contributed by atoms with Gasteiger partial charge < -0.3 is 10.2 Å². The lowest BCUT2D eigenvalue weighted by Crippen LogP contribution is -2.15. The summed E-state index contributed by atoms with van der Waals surface area (Å²) in [6.45, 7) is 6.08. The summed E-state index contributed by atoms with van der Waals surface area (Å²) in [5.41, 5.74) is 8.35. The molecule has 0 spiro atoms. The highest BCUT2D eigenvalue weighted by molar-refractivity contribution is 5.55. The molecule has 0 radical (unpaired) electrons. The number of nitrogens with one attached hydrogen (secondary N) is 2. The van der Waals surface area contributed by atoms with Crippen molar-refractivity contribution in [2.24, 2.45) is 0 Å². The maximum atomic E-state index is 5.02. The zero-order valence-corrected chi connectivity index (χ0v) is 9.09. The maximum absolute atomic E-state index is 5.02. The van der Waals surface area contributed by atoms with Crippen molar-refractivity contribution in [1.29, 1.82) is 0 Å². The molecule has 0 amide bonds. The first-order valence-electron chi connectivity index (χ1n) is 4.86. The third kappa shape index (κ3) is 1.96. The van der Waals surface area contributed by atoms with Crippen molar-refractivity contribution in [3.05, 3.63) is 17.8 Å². The van der Waals surface area contributed by atoms with Gasteiger partial charge in [0.15, 0.2) is 0 Å². The average Bonchev–Trinajstić information content (AvgIpc) is 2.63. The summed E-state index contributed by atoms with van der Waals surface area (Å²) in [6, 6.07) is 2.25. The maximum Gasteiger partial charge on any atom is 0.213 e. The fraction of sp³-hybridized carbons (Fsp3) is 0.500. The molecule has 1 atom stereocenters. The van der Waals surface area contributed by atoms with Crippen LogP contribution in [0.4, 0.5) is 5.69 Å². The van der Waals surface area contributed by atoms with E-state index in [9.17, 15) is 0 Å². The normalized spacial score (nSPS) is 17.6. The number of methoxy groups -OCH3 is 1. The Morgan fingerprint density at radius 3 is 2.79 bits per heavy atom. The fourth-order valence-corrected chi connectivity index (χ4v) is 1.29. The Kier molecular flexibility index (Phi) is 3.71. The van der Waals surface area contributed by atoms with E-state index in [-0.39, 0.29) is 0 Å². The molecule has 0 fully saturated rings. The number of pyridine rings is 1. The van der Waals surface area contributed by atoms with E-state index in [2.05, 4.69) is 22.8 Å². The number of hydrogen-bond acceptors (Lipinski definition) is 4. The van der Waals surface area contributed by atoms with E-state index in [0.717, 1.165) is 5.69 Å². The summed E-state index contributed by atoms with van der Waals surface area (Å²) < 4.78 is 5.02. The zero-order valence-electron chi connectivity index (χ0n) is 9.09. The summed E-state index contributed by atoms with van der Waals surface area (Å²) in [5, 5.41) is 0. The molecule has 2 rings (SSSR count). The molecule has 0 bridgehead atoms. The standard InChI is InChI=1S/C8H11N3O.C2H6/c1-5-6-3-8(12-2)9-4-7(6)11-10-5;1-2/h3-5,10-11H,1-2H3;1-2H3. The highest BCUT2D eigenvalue weighted by Gasteiger charge is 2.18. The van der Waals surface area contributed by atoms with Gasteiger partial charge >= 0.3 is 0 Å². The lowest BCUT2D eigenvalue weighted by atomic mass is 10.1. The first-order chi connectivity index (χ1) is 6.81. The molecular weight excluding hydrogens is 178 g/mol. The van der Waals surface area contributed by atoms with E-state index in [1.165, 1.54) is 5.56 Å². The van der Waals surface area contributed by atoms with Crippen molar-refractivity contribution < 1.29 is 4.74 Å². The Morgan fingerprint density at radius 2 is 2.14 bits per heavy atom. The van der Waals surface area contributed by atoms with Crippen LogP contribution in [0.25, 0.3) is 0 Å². The second-order valence-corrected chi connectivity index (χ2v) is 2.80. The predicted molar refractivity (Wildman–Crippen MR) is 57.3 cm³/mol. The van der Waals surface area contributed by atoms with Crippen LogP contribution in [0.3, 0.4) is 0 Å². The van der Waals surface area contributed by atoms with Crippen LogP contribution in [0, 0.1) is 0 Å². The van der Waals surface area contributed by atoms with E-state index in [0.29, 0.717) is 11.9 Å². The van der Waals surface area contributed by atoms with Crippen molar-refractivity contribution in [3.8, 4) is 5.88 Å². The van der Waals surface area contributed by atoms with Crippen LogP contribution in [-0.4, -0.2) is 12.1 Å². The number of anilines is 1. The van der Waals surface area contributed by atoms with Crippen LogP contribution in [0.1, 0.15) is 32.4 Å². The molecule has 14 heavy (non-hydrogen) atoms. The van der Waals surface area contributed by atoms with Gasteiger partial charge in [0.2, 0.25) is 5.88 Å². The van der Waals surface area contributed by atoms with Crippen molar-refractivity contribution in [3.63, 3.8) is 0 Å². The topological polar surface area (TPSA) is 46.2 Å². The van der Waals surface area contributed by atoms with E-state index >= 15 is 0 Å². The third-order valence-corrected chi connectivity index (χ3v) is 2.01. The quantitative estimate of drug-likeness (QED) is 0.720. The van der Waals surface area contributed by atoms with E-state index in [4.69, 9.17) is 4.74 Å². The summed E-state index contributed by atoms with van der Waals surface area (Å²) in [7, 11) is 1.62. The fourth-order valence-electron chi connectivity index (χ4n) is 1.29. The average molecular weight is 195 g/mol. The lowest BCUT2D eigenvalue weighted by molar-refractivity contribution is 0.397. The third-order valence-electron chi connectivity index (χ3n) is 2.01. The smallest absolute Gasteiger partial charge is 0.213 e. The van der Waals surface area contributed by atoms with Gasteiger partial charge in [0.1, 0.15) is 0 Å². The first kappa shape index (κ1) is 10.8. The van der Waals surface area contributed by atoms with Crippen LogP contribution in [0.2, 0.25) is 0 Å². The van der Waals surface area contributed by atoms with Crippen LogP contribution in [0.5, 0.6) is 5.88 Å². The molecular formula is C10H17N3O. The van der Waals surface area contributed by atoms with Crippen molar-refractivity contribution in [1.82, 2.24) is 10.4 Å². The molecule has 0 saturated heterocycles. The second-order valence-electron chi connectivity index (χ2n) is 2.80. The number of hydrogen-bond donors (Lipinski definition) is 2. The molecule has 78 valence electrons. The number of ether oxygens (including phenoxy) is 1. The molecule has 1 aromatic heterocycles. The monoisotopic (exact) mass is 195 g/mol. The molecule has 4 heteroatoms. The van der Waals surface area contributed by atoms with Gasteiger partial charge in [0.25, 0.3) is 0 Å². The van der Waals surface area contributed by atoms with Crippen LogP contribution >= 0.6 is 0 Å². The molecule has 0 aliphatic carbocycles. The highest BCUT2D eigenvalue weighted by Crippen LogP contribution is 2.29. The Hall–Kier alpha value is -1.29. The van der Waals surface area contributed by atoms with Crippen molar-refractivity contribution in [2.45, 2.75) is 26.8 Å². The first-order valence-corrected chi connectivity index (χ1v) is 4.86. The minimum atomic E-state index is 0.317. The van der Waals surface area contributed by atoms with Crippen molar-refractivity contribution >= 4 is 5.69 Å². The van der Waals surface area contributed by atoms with E-state index < -0.39 is 0 Å². The largest absolute Gasteiger partial charge is 0.481 e. The Morgan fingerprint density at radius 1 is 1.43 bits per heavy atom. The summed E-state index contributed by atoms with van der Waals surface area (Å²) in [4.78, 5) is 4.08. The van der Waals surface area contributed by atoms with Gasteiger partial charge in [-0.15, -0.1) is 0 Å². The Labute approximate surface area is 84.7 Å². The number of aromatic nitrogens is 1. The van der Waals surface area contributed by atoms with Gasteiger partial charge in [0.05, 0.1) is 25.0 Å². The van der Waals surface area contributed by atoms with Gasteiger partial charge in [0, 0.05) is 11.6 Å². The van der Waals surface area contributed by atoms with Gasteiger partial charge in [-0.25, -0.2) is 10.4 Å². The Bertz CT molecular complexity index is 301. The number of fused-ring (bicyclic) bond motifs is 1. The highest BCUT2D eigenvalue weighted by atomic mass is 16.5. The SMILES string of the molecule is CC.COc1cc2c(cn1)NNC2C. The molecule has 0 saturated carbocycles. The van der Waals surface area contributed by atoms with E-state index in [1.807, 2.05) is 19.9 Å². The number of rotatable bonds is 1. The molecule has 4 nitrogen and oxygen atoms in total. The molecule has 1 aliphatic heterocycles. The Balaban J connectivity index is 0.000000461. The summed E-state index contributed by atoms with van der Waals surface area (Å²) in [5.74, 6) is 0.658. The van der Waals surface area contributed by atoms with Gasteiger partial charge in [-0.05, 0) is 6.92 Å². The molecule has 2 heterocycles. The molecule has 0 aromatic carbocycles. The van der Waals surface area contributed by atoms with Gasteiger partial charge in [-0.2, -0.15) is 0 Å². The summed E-state index contributed by atoms with van der Waals surface area (Å²) >= 11 is 0. The number of hydrazine groups is 1. The predicted octanol–water partition coefficient (Wildman–Crippen LogP) is 2.11. The van der Waals surface area contributed by atoms with E-state index in [1.54, 1.807) is 13.3 Å². The van der Waals surface area contributed by atoms with Gasteiger partial charge in [-0.1, -0.05) is 13.8 Å². The lowest BCUT2D eigenvalue weighted by Gasteiger charge is -2.03. The number of nitrogens with zero attached hydrogens (tertiary/aromatic N) is 1. The molecule has 1 aromatic rings. The minimum Gasteiger partial charge on any atom is -0.481 e. The zero-order chi connectivity index (χ0) is 10.6. The van der Waals surface area contributed by atoms with Crippen LogP contribution in [-0.2, 0) is 0 Å². The van der Waals surface area contributed by atoms with Crippen LogP contribution in [0.15, 0.2) is 12.3 Å². The molecule has 1 aliphatic rings. The summed E-state index contributed by atoms with van der Waals surface area (Å²) in [6.07, 6.45) is 1.77. The minimum absolute atomic E-state index is 0.317.